The Balaban J connectivity index is 1.50. The van der Waals surface area contributed by atoms with Crippen LogP contribution in [0.25, 0.3) is 0 Å². The molecule has 1 amide bonds. The topological polar surface area (TPSA) is 52.0 Å². The summed E-state index contributed by atoms with van der Waals surface area (Å²) in [5.74, 6) is 0.999. The quantitative estimate of drug-likeness (QED) is 0.798. The molecular formula is C22H25ClFN2O3+. The SMILES string of the molecule is C[C@@H](C(=O)Nc1ccc(F)cc1Cl)[NH+]1CCC[C@@H]1c1ccc2c(c1)OCCCO2. The minimum atomic E-state index is -0.430. The van der Waals surface area contributed by atoms with Gasteiger partial charge in [-0.25, -0.2) is 4.39 Å². The number of likely N-dealkylation sites (tertiary alicyclic amines) is 1. The summed E-state index contributed by atoms with van der Waals surface area (Å²) in [5.41, 5.74) is 1.58. The van der Waals surface area contributed by atoms with Crippen LogP contribution < -0.4 is 19.7 Å². The Morgan fingerprint density at radius 3 is 2.76 bits per heavy atom. The lowest BCUT2D eigenvalue weighted by atomic mass is 10.0. The standard InChI is InChI=1S/C22H24ClFN2O3/c1-14(22(27)25-18-7-6-16(24)13-17(18)23)26-9-2-4-19(26)15-5-8-20-21(12-15)29-11-3-10-28-20/h5-8,12-14,19H,2-4,9-11H2,1H3,(H,25,27)/p+1/t14-,19+/m0/s1. The van der Waals surface area contributed by atoms with E-state index in [1.165, 1.54) is 23.1 Å². The van der Waals surface area contributed by atoms with Crippen LogP contribution in [-0.4, -0.2) is 31.7 Å². The number of halogens is 2. The largest absolute Gasteiger partial charge is 0.490 e. The van der Waals surface area contributed by atoms with E-state index in [1.54, 1.807) is 0 Å². The Morgan fingerprint density at radius 2 is 1.97 bits per heavy atom. The normalized spacial score (nSPS) is 22.0. The van der Waals surface area contributed by atoms with Crippen LogP contribution in [0.1, 0.15) is 37.8 Å². The molecule has 5 nitrogen and oxygen atoms in total. The van der Waals surface area contributed by atoms with Crippen LogP contribution in [-0.2, 0) is 4.79 Å². The van der Waals surface area contributed by atoms with E-state index in [9.17, 15) is 9.18 Å². The summed E-state index contributed by atoms with van der Waals surface area (Å²) in [4.78, 5) is 14.1. The summed E-state index contributed by atoms with van der Waals surface area (Å²) in [5, 5.41) is 3.04. The number of nitrogens with one attached hydrogen (secondary N) is 2. The second-order valence-corrected chi connectivity index (χ2v) is 8.02. The van der Waals surface area contributed by atoms with Gasteiger partial charge in [-0.05, 0) is 43.3 Å². The monoisotopic (exact) mass is 419 g/mol. The van der Waals surface area contributed by atoms with Gasteiger partial charge in [0, 0.05) is 24.8 Å². The van der Waals surface area contributed by atoms with E-state index in [1.807, 2.05) is 13.0 Å². The van der Waals surface area contributed by atoms with Crippen molar-refractivity contribution in [1.82, 2.24) is 0 Å². The first-order valence-electron chi connectivity index (χ1n) is 10.0. The zero-order valence-electron chi connectivity index (χ0n) is 16.3. The summed E-state index contributed by atoms with van der Waals surface area (Å²) in [7, 11) is 0. The first-order chi connectivity index (χ1) is 14.0. The molecule has 2 aliphatic rings. The highest BCUT2D eigenvalue weighted by molar-refractivity contribution is 6.33. The van der Waals surface area contributed by atoms with Gasteiger partial charge in [-0.1, -0.05) is 11.6 Å². The molecule has 0 aliphatic carbocycles. The second-order valence-electron chi connectivity index (χ2n) is 7.61. The van der Waals surface area contributed by atoms with Gasteiger partial charge < -0.3 is 19.7 Å². The lowest BCUT2D eigenvalue weighted by molar-refractivity contribution is -0.932. The number of hydrogen-bond acceptors (Lipinski definition) is 3. The Morgan fingerprint density at radius 1 is 1.17 bits per heavy atom. The minimum absolute atomic E-state index is 0.130. The maximum atomic E-state index is 13.3. The van der Waals surface area contributed by atoms with Crippen molar-refractivity contribution in [3.8, 4) is 11.5 Å². The van der Waals surface area contributed by atoms with E-state index in [-0.39, 0.29) is 23.0 Å². The maximum Gasteiger partial charge on any atom is 0.282 e. The number of carbonyl (C=O) groups excluding carboxylic acids is 1. The number of fused-ring (bicyclic) bond motifs is 1. The first-order valence-corrected chi connectivity index (χ1v) is 10.4. The Labute approximate surface area is 174 Å². The molecule has 1 fully saturated rings. The van der Waals surface area contributed by atoms with Crippen LogP contribution in [0.3, 0.4) is 0 Å². The van der Waals surface area contributed by atoms with Crippen molar-refractivity contribution in [2.75, 3.05) is 25.1 Å². The highest BCUT2D eigenvalue weighted by Crippen LogP contribution is 2.33. The van der Waals surface area contributed by atoms with E-state index >= 15 is 0 Å². The molecule has 29 heavy (non-hydrogen) atoms. The van der Waals surface area contributed by atoms with Crippen molar-refractivity contribution >= 4 is 23.2 Å². The zero-order valence-corrected chi connectivity index (χ0v) is 17.1. The number of benzene rings is 2. The van der Waals surface area contributed by atoms with Crippen molar-refractivity contribution < 1.29 is 23.6 Å². The van der Waals surface area contributed by atoms with E-state index in [2.05, 4.69) is 17.4 Å². The molecule has 0 aromatic heterocycles. The molecular weight excluding hydrogens is 395 g/mol. The van der Waals surface area contributed by atoms with Gasteiger partial charge in [0.2, 0.25) is 0 Å². The molecule has 2 aromatic carbocycles. The molecule has 1 saturated heterocycles. The van der Waals surface area contributed by atoms with Gasteiger partial charge in [-0.3, -0.25) is 4.79 Å². The summed E-state index contributed by atoms with van der Waals surface area (Å²) < 4.78 is 24.8. The molecule has 7 heteroatoms. The Hall–Kier alpha value is -2.31. The summed E-state index contributed by atoms with van der Waals surface area (Å²) in [6.07, 6.45) is 2.92. The van der Waals surface area contributed by atoms with Crippen LogP contribution >= 0.6 is 11.6 Å². The molecule has 2 N–H and O–H groups in total. The van der Waals surface area contributed by atoms with E-state index < -0.39 is 5.82 Å². The average Bonchev–Trinajstić information content (AvgIpc) is 3.08. The van der Waals surface area contributed by atoms with Gasteiger partial charge in [-0.2, -0.15) is 0 Å². The van der Waals surface area contributed by atoms with Crippen molar-refractivity contribution in [3.63, 3.8) is 0 Å². The second kappa shape index (κ2) is 8.59. The van der Waals surface area contributed by atoms with Crippen LogP contribution in [0.5, 0.6) is 11.5 Å². The predicted octanol–water partition coefficient (Wildman–Crippen LogP) is 3.39. The van der Waals surface area contributed by atoms with Gasteiger partial charge in [0.1, 0.15) is 11.9 Å². The molecule has 0 bridgehead atoms. The van der Waals surface area contributed by atoms with Crippen LogP contribution in [0.15, 0.2) is 36.4 Å². The lowest BCUT2D eigenvalue weighted by Gasteiger charge is -2.27. The van der Waals surface area contributed by atoms with Crippen molar-refractivity contribution in [3.05, 3.63) is 52.8 Å². The number of ether oxygens (including phenoxy) is 2. The molecule has 2 aliphatic heterocycles. The smallest absolute Gasteiger partial charge is 0.282 e. The Kier molecular flexibility index (Phi) is 5.92. The molecule has 4 rings (SSSR count). The van der Waals surface area contributed by atoms with Crippen LogP contribution in [0.4, 0.5) is 10.1 Å². The number of rotatable bonds is 4. The van der Waals surface area contributed by atoms with Crippen LogP contribution in [0.2, 0.25) is 5.02 Å². The van der Waals surface area contributed by atoms with Crippen molar-refractivity contribution in [1.29, 1.82) is 0 Å². The van der Waals surface area contributed by atoms with Gasteiger partial charge in [0.25, 0.3) is 5.91 Å². The summed E-state index contributed by atoms with van der Waals surface area (Å²) in [6, 6.07) is 10.00. The van der Waals surface area contributed by atoms with Gasteiger partial charge in [0.05, 0.1) is 30.5 Å². The summed E-state index contributed by atoms with van der Waals surface area (Å²) in [6.45, 7) is 4.14. The third-order valence-electron chi connectivity index (χ3n) is 5.72. The predicted molar refractivity (Wildman–Crippen MR) is 109 cm³/mol. The lowest BCUT2D eigenvalue weighted by Crippen LogP contribution is -3.15. The molecule has 0 spiro atoms. The highest BCUT2D eigenvalue weighted by Gasteiger charge is 2.37. The third kappa shape index (κ3) is 4.33. The van der Waals surface area contributed by atoms with E-state index in [0.29, 0.717) is 18.9 Å². The molecule has 3 atom stereocenters. The molecule has 0 saturated carbocycles. The molecule has 0 radical (unpaired) electrons. The molecule has 1 unspecified atom stereocenters. The average molecular weight is 420 g/mol. The summed E-state index contributed by atoms with van der Waals surface area (Å²) >= 11 is 6.06. The molecule has 154 valence electrons. The number of amides is 1. The first kappa shape index (κ1) is 20.0. The minimum Gasteiger partial charge on any atom is -0.490 e. The fourth-order valence-electron chi connectivity index (χ4n) is 4.17. The van der Waals surface area contributed by atoms with E-state index in [4.69, 9.17) is 21.1 Å². The van der Waals surface area contributed by atoms with Gasteiger partial charge in [0.15, 0.2) is 17.5 Å². The van der Waals surface area contributed by atoms with Crippen LogP contribution in [0, 0.1) is 5.82 Å². The van der Waals surface area contributed by atoms with Crippen molar-refractivity contribution in [2.24, 2.45) is 0 Å². The van der Waals surface area contributed by atoms with E-state index in [0.717, 1.165) is 42.9 Å². The number of hydrogen-bond donors (Lipinski definition) is 2. The van der Waals surface area contributed by atoms with Gasteiger partial charge >= 0.3 is 0 Å². The fraction of sp³-hybridized carbons (Fsp3) is 0.409. The third-order valence-corrected chi connectivity index (χ3v) is 6.03. The molecule has 2 aromatic rings. The number of quaternary nitrogens is 1. The maximum absolute atomic E-state index is 13.3. The molecule has 2 heterocycles. The fourth-order valence-corrected chi connectivity index (χ4v) is 4.38. The highest BCUT2D eigenvalue weighted by atomic mass is 35.5. The Bertz CT molecular complexity index is 908. The van der Waals surface area contributed by atoms with Crippen molar-refractivity contribution in [2.45, 2.75) is 38.3 Å². The zero-order chi connectivity index (χ0) is 20.4. The van der Waals surface area contributed by atoms with Gasteiger partial charge in [-0.15, -0.1) is 0 Å². The number of carbonyl (C=O) groups is 1. The number of anilines is 1.